The van der Waals surface area contributed by atoms with Crippen LogP contribution in [-0.4, -0.2) is 24.4 Å². The quantitative estimate of drug-likeness (QED) is 0.875. The van der Waals surface area contributed by atoms with Crippen LogP contribution in [0.2, 0.25) is 4.34 Å². The van der Waals surface area contributed by atoms with Gasteiger partial charge in [0.25, 0.3) is 0 Å². The Morgan fingerprint density at radius 1 is 1.50 bits per heavy atom. The van der Waals surface area contributed by atoms with Crippen molar-refractivity contribution in [2.45, 2.75) is 26.8 Å². The molecule has 0 saturated heterocycles. The van der Waals surface area contributed by atoms with Gasteiger partial charge in [-0.05, 0) is 24.5 Å². The molecule has 2 N–H and O–H groups in total. The van der Waals surface area contributed by atoms with E-state index in [1.165, 1.54) is 11.3 Å². The summed E-state index contributed by atoms with van der Waals surface area (Å²) in [6.45, 7) is 5.22. The normalized spacial score (nSPS) is 12.8. The third-order valence-electron chi connectivity index (χ3n) is 2.79. The average molecular weight is 289 g/mol. The molecule has 0 bridgehead atoms. The summed E-state index contributed by atoms with van der Waals surface area (Å²) in [5.74, 6) is 0.522. The molecule has 0 aliphatic heterocycles. The molecule has 1 rings (SSSR count). The lowest BCUT2D eigenvalue weighted by Crippen LogP contribution is -2.36. The Balaban J connectivity index is 2.59. The zero-order chi connectivity index (χ0) is 13.7. The van der Waals surface area contributed by atoms with Crippen LogP contribution < -0.4 is 5.73 Å². The lowest BCUT2D eigenvalue weighted by Gasteiger charge is -2.23. The third kappa shape index (κ3) is 4.59. The highest BCUT2D eigenvalue weighted by molar-refractivity contribution is 7.16. The summed E-state index contributed by atoms with van der Waals surface area (Å²) in [7, 11) is 1.82. The molecule has 0 fully saturated rings. The molecule has 0 aromatic carbocycles. The third-order valence-corrected chi connectivity index (χ3v) is 4.00. The van der Waals surface area contributed by atoms with E-state index in [-0.39, 0.29) is 11.8 Å². The van der Waals surface area contributed by atoms with Gasteiger partial charge in [0.1, 0.15) is 0 Å². The number of carbonyl (C=O) groups excluding carboxylic acids is 1. The van der Waals surface area contributed by atoms with Crippen molar-refractivity contribution < 1.29 is 4.79 Å². The van der Waals surface area contributed by atoms with Crippen LogP contribution in [0, 0.1) is 11.8 Å². The molecule has 5 heteroatoms. The van der Waals surface area contributed by atoms with Crippen LogP contribution >= 0.6 is 22.9 Å². The number of amides is 1. The minimum atomic E-state index is -0.0783. The minimum absolute atomic E-state index is 0.0783. The van der Waals surface area contributed by atoms with Crippen LogP contribution in [-0.2, 0) is 11.3 Å². The van der Waals surface area contributed by atoms with Gasteiger partial charge < -0.3 is 10.6 Å². The number of rotatable bonds is 6. The minimum Gasteiger partial charge on any atom is -0.340 e. The van der Waals surface area contributed by atoms with Crippen LogP contribution in [0.5, 0.6) is 0 Å². The maximum atomic E-state index is 12.2. The fourth-order valence-corrected chi connectivity index (χ4v) is 3.07. The molecular formula is C13H21ClN2OS. The van der Waals surface area contributed by atoms with E-state index in [1.807, 2.05) is 19.2 Å². The first-order chi connectivity index (χ1) is 8.43. The van der Waals surface area contributed by atoms with Gasteiger partial charge in [-0.1, -0.05) is 25.4 Å². The van der Waals surface area contributed by atoms with Crippen LogP contribution in [0.3, 0.4) is 0 Å². The zero-order valence-corrected chi connectivity index (χ0v) is 12.7. The van der Waals surface area contributed by atoms with E-state index < -0.39 is 0 Å². The smallest absolute Gasteiger partial charge is 0.227 e. The lowest BCUT2D eigenvalue weighted by atomic mass is 9.96. The fourth-order valence-electron chi connectivity index (χ4n) is 1.93. The summed E-state index contributed by atoms with van der Waals surface area (Å²) < 4.78 is 0.753. The molecule has 1 atom stereocenters. The van der Waals surface area contributed by atoms with Gasteiger partial charge >= 0.3 is 0 Å². The van der Waals surface area contributed by atoms with Crippen molar-refractivity contribution >= 4 is 28.8 Å². The Morgan fingerprint density at radius 3 is 2.61 bits per heavy atom. The molecule has 1 aromatic rings. The highest BCUT2D eigenvalue weighted by Crippen LogP contribution is 2.23. The predicted octanol–water partition coefficient (Wildman–Crippen LogP) is 2.98. The van der Waals surface area contributed by atoms with Gasteiger partial charge in [0, 0.05) is 18.5 Å². The van der Waals surface area contributed by atoms with E-state index in [4.69, 9.17) is 17.3 Å². The van der Waals surface area contributed by atoms with Crippen molar-refractivity contribution in [2.24, 2.45) is 17.6 Å². The van der Waals surface area contributed by atoms with Gasteiger partial charge in [0.05, 0.1) is 16.8 Å². The van der Waals surface area contributed by atoms with E-state index in [2.05, 4.69) is 13.8 Å². The summed E-state index contributed by atoms with van der Waals surface area (Å²) in [6, 6.07) is 3.81. The van der Waals surface area contributed by atoms with Gasteiger partial charge in [-0.3, -0.25) is 4.79 Å². The summed E-state index contributed by atoms with van der Waals surface area (Å²) in [6.07, 6.45) is 0.838. The zero-order valence-electron chi connectivity index (χ0n) is 11.1. The molecule has 102 valence electrons. The van der Waals surface area contributed by atoms with E-state index >= 15 is 0 Å². The second-order valence-corrected chi connectivity index (χ2v) is 6.76. The number of nitrogens with zero attached hydrogens (tertiary/aromatic N) is 1. The van der Waals surface area contributed by atoms with E-state index in [0.717, 1.165) is 15.6 Å². The van der Waals surface area contributed by atoms with Gasteiger partial charge in [-0.15, -0.1) is 11.3 Å². The number of thiophene rings is 1. The Bertz CT molecular complexity index is 392. The Labute approximate surface area is 118 Å². The highest BCUT2D eigenvalue weighted by atomic mass is 35.5. The van der Waals surface area contributed by atoms with Crippen molar-refractivity contribution in [3.05, 3.63) is 21.3 Å². The summed E-state index contributed by atoms with van der Waals surface area (Å²) >= 11 is 7.38. The standard InChI is InChI=1S/C13H21ClN2OS/c1-9(2)6-10(7-15)13(17)16(3)8-11-4-5-12(14)18-11/h4-5,9-10H,6-8,15H2,1-3H3. The van der Waals surface area contributed by atoms with E-state index in [9.17, 15) is 4.79 Å². The Morgan fingerprint density at radius 2 is 2.17 bits per heavy atom. The first kappa shape index (κ1) is 15.5. The largest absolute Gasteiger partial charge is 0.340 e. The topological polar surface area (TPSA) is 46.3 Å². The summed E-state index contributed by atoms with van der Waals surface area (Å²) in [5.41, 5.74) is 5.69. The molecule has 1 amide bonds. The maximum Gasteiger partial charge on any atom is 0.227 e. The first-order valence-corrected chi connectivity index (χ1v) is 7.32. The van der Waals surface area contributed by atoms with Crippen molar-refractivity contribution in [3.8, 4) is 0 Å². The summed E-state index contributed by atoms with van der Waals surface area (Å²) in [5, 5.41) is 0. The highest BCUT2D eigenvalue weighted by Gasteiger charge is 2.22. The SMILES string of the molecule is CC(C)CC(CN)C(=O)N(C)Cc1ccc(Cl)s1. The predicted molar refractivity (Wildman–Crippen MR) is 77.8 cm³/mol. The number of carbonyl (C=O) groups is 1. The van der Waals surface area contributed by atoms with Gasteiger partial charge in [0.15, 0.2) is 0 Å². The fraction of sp³-hybridized carbons (Fsp3) is 0.615. The molecular weight excluding hydrogens is 268 g/mol. The van der Waals surface area contributed by atoms with Crippen LogP contribution in [0.1, 0.15) is 25.1 Å². The molecule has 1 unspecified atom stereocenters. The lowest BCUT2D eigenvalue weighted by molar-refractivity contribution is -0.134. The van der Waals surface area contributed by atoms with Crippen molar-refractivity contribution in [1.29, 1.82) is 0 Å². The van der Waals surface area contributed by atoms with Crippen molar-refractivity contribution in [3.63, 3.8) is 0 Å². The van der Waals surface area contributed by atoms with Crippen LogP contribution in [0.4, 0.5) is 0 Å². The van der Waals surface area contributed by atoms with Gasteiger partial charge in [-0.25, -0.2) is 0 Å². The van der Waals surface area contributed by atoms with E-state index in [1.54, 1.807) is 4.90 Å². The molecule has 0 radical (unpaired) electrons. The molecule has 1 heterocycles. The maximum absolute atomic E-state index is 12.2. The van der Waals surface area contributed by atoms with Crippen LogP contribution in [0.15, 0.2) is 12.1 Å². The number of nitrogens with two attached hydrogens (primary N) is 1. The monoisotopic (exact) mass is 288 g/mol. The molecule has 3 nitrogen and oxygen atoms in total. The second kappa shape index (κ2) is 7.12. The molecule has 0 saturated carbocycles. The van der Waals surface area contributed by atoms with Gasteiger partial charge in [0.2, 0.25) is 5.91 Å². The summed E-state index contributed by atoms with van der Waals surface area (Å²) in [4.78, 5) is 15.1. The van der Waals surface area contributed by atoms with Gasteiger partial charge in [-0.2, -0.15) is 0 Å². The Hall–Kier alpha value is -0.580. The molecule has 0 aliphatic rings. The van der Waals surface area contributed by atoms with E-state index in [0.29, 0.717) is 19.0 Å². The number of hydrogen-bond donors (Lipinski definition) is 1. The number of halogens is 1. The molecule has 0 aliphatic carbocycles. The number of hydrogen-bond acceptors (Lipinski definition) is 3. The molecule has 1 aromatic heterocycles. The second-order valence-electron chi connectivity index (χ2n) is 4.96. The first-order valence-electron chi connectivity index (χ1n) is 6.13. The van der Waals surface area contributed by atoms with Crippen molar-refractivity contribution in [2.75, 3.05) is 13.6 Å². The Kier molecular flexibility index (Phi) is 6.12. The average Bonchev–Trinajstić information content (AvgIpc) is 2.70. The molecule has 0 spiro atoms. The van der Waals surface area contributed by atoms with Crippen molar-refractivity contribution in [1.82, 2.24) is 4.90 Å². The van der Waals surface area contributed by atoms with Crippen LogP contribution in [0.25, 0.3) is 0 Å². The molecule has 18 heavy (non-hydrogen) atoms.